The average molecular weight is 266 g/mol. The first kappa shape index (κ1) is 13.8. The van der Waals surface area contributed by atoms with Gasteiger partial charge in [0.05, 0.1) is 12.7 Å². The van der Waals surface area contributed by atoms with E-state index >= 15 is 0 Å². The summed E-state index contributed by atoms with van der Waals surface area (Å²) in [5.74, 6) is 0. The normalized spacial score (nSPS) is 35.2. The third-order valence-corrected chi connectivity index (χ3v) is 5.78. The summed E-state index contributed by atoms with van der Waals surface area (Å²) < 4.78 is 5.90. The largest absolute Gasteiger partial charge is 0.374 e. The van der Waals surface area contributed by atoms with Crippen LogP contribution in [0.2, 0.25) is 0 Å². The zero-order valence-corrected chi connectivity index (χ0v) is 12.5. The predicted molar refractivity (Wildman–Crippen MR) is 78.4 cm³/mol. The SMILES string of the molecule is CCN1CCOC(CNC2CCC23CCCCC3)C1. The summed E-state index contributed by atoms with van der Waals surface area (Å²) >= 11 is 0. The van der Waals surface area contributed by atoms with Gasteiger partial charge in [-0.25, -0.2) is 0 Å². The lowest BCUT2D eigenvalue weighted by molar-refractivity contribution is -0.0384. The Bertz CT molecular complexity index is 288. The molecule has 0 aromatic carbocycles. The molecule has 0 aromatic heterocycles. The van der Waals surface area contributed by atoms with Crippen LogP contribution in [0.15, 0.2) is 0 Å². The summed E-state index contributed by atoms with van der Waals surface area (Å²) in [5.41, 5.74) is 0.678. The molecular weight excluding hydrogens is 236 g/mol. The Morgan fingerprint density at radius 3 is 2.74 bits per heavy atom. The summed E-state index contributed by atoms with van der Waals surface area (Å²) in [6, 6.07) is 0.786. The van der Waals surface area contributed by atoms with Crippen LogP contribution in [-0.2, 0) is 4.74 Å². The van der Waals surface area contributed by atoms with Crippen molar-refractivity contribution >= 4 is 0 Å². The van der Waals surface area contributed by atoms with Gasteiger partial charge < -0.3 is 10.1 Å². The van der Waals surface area contributed by atoms with E-state index < -0.39 is 0 Å². The van der Waals surface area contributed by atoms with Crippen LogP contribution in [0.1, 0.15) is 51.9 Å². The highest BCUT2D eigenvalue weighted by molar-refractivity contribution is 5.01. The van der Waals surface area contributed by atoms with Crippen LogP contribution in [-0.4, -0.2) is 49.8 Å². The molecule has 0 amide bonds. The Labute approximate surface area is 118 Å². The number of hydrogen-bond acceptors (Lipinski definition) is 3. The molecule has 0 radical (unpaired) electrons. The molecule has 0 aromatic rings. The van der Waals surface area contributed by atoms with Gasteiger partial charge in [-0.05, 0) is 37.6 Å². The van der Waals surface area contributed by atoms with Crippen LogP contribution >= 0.6 is 0 Å². The van der Waals surface area contributed by atoms with E-state index in [1.165, 1.54) is 44.9 Å². The Kier molecular flexibility index (Phi) is 4.45. The minimum atomic E-state index is 0.412. The van der Waals surface area contributed by atoms with E-state index in [0.29, 0.717) is 11.5 Å². The lowest BCUT2D eigenvalue weighted by Gasteiger charge is -2.53. The highest BCUT2D eigenvalue weighted by Crippen LogP contribution is 2.51. The molecule has 3 nitrogen and oxygen atoms in total. The van der Waals surface area contributed by atoms with Gasteiger partial charge in [0.2, 0.25) is 0 Å². The summed E-state index contributed by atoms with van der Waals surface area (Å²) in [7, 11) is 0. The van der Waals surface area contributed by atoms with Gasteiger partial charge >= 0.3 is 0 Å². The van der Waals surface area contributed by atoms with Crippen LogP contribution in [0.3, 0.4) is 0 Å². The van der Waals surface area contributed by atoms with Crippen LogP contribution in [0.25, 0.3) is 0 Å². The molecule has 3 fully saturated rings. The van der Waals surface area contributed by atoms with Gasteiger partial charge in [-0.3, -0.25) is 4.90 Å². The Morgan fingerprint density at radius 1 is 1.21 bits per heavy atom. The summed E-state index contributed by atoms with van der Waals surface area (Å²) in [6.45, 7) is 7.61. The van der Waals surface area contributed by atoms with E-state index in [4.69, 9.17) is 4.74 Å². The number of ether oxygens (including phenoxy) is 1. The third-order valence-electron chi connectivity index (χ3n) is 5.78. The molecule has 2 atom stereocenters. The molecule has 0 bridgehead atoms. The first-order valence-corrected chi connectivity index (χ1v) is 8.40. The number of nitrogens with one attached hydrogen (secondary N) is 1. The van der Waals surface area contributed by atoms with Gasteiger partial charge in [-0.2, -0.15) is 0 Å². The van der Waals surface area contributed by atoms with E-state index in [1.54, 1.807) is 0 Å². The minimum Gasteiger partial charge on any atom is -0.374 e. The van der Waals surface area contributed by atoms with Gasteiger partial charge in [-0.1, -0.05) is 26.2 Å². The van der Waals surface area contributed by atoms with Gasteiger partial charge in [0, 0.05) is 25.7 Å². The maximum Gasteiger partial charge on any atom is 0.0826 e. The molecule has 2 aliphatic carbocycles. The van der Waals surface area contributed by atoms with Crippen molar-refractivity contribution in [2.45, 2.75) is 64.0 Å². The van der Waals surface area contributed by atoms with Crippen molar-refractivity contribution in [1.82, 2.24) is 10.2 Å². The molecule has 110 valence electrons. The highest BCUT2D eigenvalue weighted by atomic mass is 16.5. The fourth-order valence-corrected chi connectivity index (χ4v) is 4.33. The number of rotatable bonds is 4. The highest BCUT2D eigenvalue weighted by Gasteiger charge is 2.46. The molecule has 19 heavy (non-hydrogen) atoms. The molecule has 2 unspecified atom stereocenters. The Balaban J connectivity index is 1.44. The van der Waals surface area contributed by atoms with Crippen LogP contribution in [0, 0.1) is 5.41 Å². The summed E-state index contributed by atoms with van der Waals surface area (Å²) in [5, 5.41) is 3.84. The van der Waals surface area contributed by atoms with Crippen LogP contribution in [0.4, 0.5) is 0 Å². The molecular formula is C16H30N2O. The molecule has 3 aliphatic rings. The van der Waals surface area contributed by atoms with Crippen molar-refractivity contribution in [2.24, 2.45) is 5.41 Å². The maximum atomic E-state index is 5.90. The van der Waals surface area contributed by atoms with Crippen molar-refractivity contribution in [3.05, 3.63) is 0 Å². The number of hydrogen-bond donors (Lipinski definition) is 1. The van der Waals surface area contributed by atoms with Gasteiger partial charge in [-0.15, -0.1) is 0 Å². The van der Waals surface area contributed by atoms with Crippen LogP contribution < -0.4 is 5.32 Å². The van der Waals surface area contributed by atoms with Crippen molar-refractivity contribution in [1.29, 1.82) is 0 Å². The van der Waals surface area contributed by atoms with Crippen molar-refractivity contribution < 1.29 is 4.74 Å². The average Bonchev–Trinajstić information content (AvgIpc) is 2.47. The second kappa shape index (κ2) is 6.11. The smallest absolute Gasteiger partial charge is 0.0826 e. The summed E-state index contributed by atoms with van der Waals surface area (Å²) in [4.78, 5) is 2.51. The van der Waals surface area contributed by atoms with Gasteiger partial charge in [0.1, 0.15) is 0 Å². The molecule has 1 spiro atoms. The maximum absolute atomic E-state index is 5.90. The number of nitrogens with zero attached hydrogens (tertiary/aromatic N) is 1. The third kappa shape index (κ3) is 2.98. The molecule has 3 heteroatoms. The van der Waals surface area contributed by atoms with Gasteiger partial charge in [0.15, 0.2) is 0 Å². The van der Waals surface area contributed by atoms with E-state index in [9.17, 15) is 0 Å². The fourth-order valence-electron chi connectivity index (χ4n) is 4.33. The van der Waals surface area contributed by atoms with E-state index in [-0.39, 0.29) is 0 Å². The lowest BCUT2D eigenvalue weighted by atomic mass is 9.57. The first-order chi connectivity index (χ1) is 9.32. The van der Waals surface area contributed by atoms with E-state index in [1.807, 2.05) is 0 Å². The zero-order valence-electron chi connectivity index (χ0n) is 12.5. The number of likely N-dealkylation sites (N-methyl/N-ethyl adjacent to an activating group) is 1. The van der Waals surface area contributed by atoms with Gasteiger partial charge in [0.25, 0.3) is 0 Å². The predicted octanol–water partition coefficient (Wildman–Crippen LogP) is 2.41. The molecule has 1 aliphatic heterocycles. The molecule has 1 heterocycles. The Hall–Kier alpha value is -0.120. The number of morpholine rings is 1. The van der Waals surface area contributed by atoms with E-state index in [2.05, 4.69) is 17.1 Å². The fraction of sp³-hybridized carbons (Fsp3) is 1.00. The zero-order chi connectivity index (χ0) is 13.1. The molecule has 1 saturated heterocycles. The summed E-state index contributed by atoms with van der Waals surface area (Å²) in [6.07, 6.45) is 10.6. The monoisotopic (exact) mass is 266 g/mol. The van der Waals surface area contributed by atoms with Crippen molar-refractivity contribution in [3.8, 4) is 0 Å². The van der Waals surface area contributed by atoms with Crippen molar-refractivity contribution in [3.63, 3.8) is 0 Å². The van der Waals surface area contributed by atoms with Crippen LogP contribution in [0.5, 0.6) is 0 Å². The van der Waals surface area contributed by atoms with E-state index in [0.717, 1.165) is 38.8 Å². The quantitative estimate of drug-likeness (QED) is 0.846. The Morgan fingerprint density at radius 2 is 2.05 bits per heavy atom. The molecule has 3 rings (SSSR count). The van der Waals surface area contributed by atoms with Crippen molar-refractivity contribution in [2.75, 3.05) is 32.8 Å². The topological polar surface area (TPSA) is 24.5 Å². The lowest BCUT2D eigenvalue weighted by Crippen LogP contribution is -2.57. The molecule has 2 saturated carbocycles. The second-order valence-electron chi connectivity index (χ2n) is 6.81. The first-order valence-electron chi connectivity index (χ1n) is 8.40. The second-order valence-corrected chi connectivity index (χ2v) is 6.81. The standard InChI is InChI=1S/C16H30N2O/c1-2-18-10-11-19-14(13-18)12-17-15-6-9-16(15)7-4-3-5-8-16/h14-15,17H,2-13H2,1H3. The minimum absolute atomic E-state index is 0.412. The molecule has 1 N–H and O–H groups in total.